The van der Waals surface area contributed by atoms with Crippen molar-refractivity contribution in [1.82, 2.24) is 0 Å². The number of rotatable bonds is 77. The van der Waals surface area contributed by atoms with Gasteiger partial charge in [-0.05, 0) is 77.0 Å². The summed E-state index contributed by atoms with van der Waals surface area (Å²) in [4.78, 5) is 66.5. The van der Waals surface area contributed by atoms with E-state index in [4.69, 9.17) is 46.9 Å². The number of hydrogen-bond acceptors (Lipinski definition) is 24. The second-order valence-corrected chi connectivity index (χ2v) is 35.3. The predicted molar refractivity (Wildman–Crippen MR) is 458 cm³/mol. The van der Waals surface area contributed by atoms with Crippen molar-refractivity contribution in [3.8, 4) is 0 Å². The number of aliphatic hydroxyl groups excluding tert-OH is 9. The van der Waals surface area contributed by atoms with Crippen LogP contribution < -0.4 is 0 Å². The Labute approximate surface area is 711 Å². The van der Waals surface area contributed by atoms with Gasteiger partial charge in [-0.15, -0.1) is 0 Å². The van der Waals surface area contributed by atoms with Crippen molar-refractivity contribution in [3.63, 3.8) is 0 Å². The Bertz CT molecular complexity index is 2550. The molecule has 0 amide bonds. The van der Waals surface area contributed by atoms with Crippen molar-refractivity contribution < 1.29 is 122 Å². The fourth-order valence-electron chi connectivity index (χ4n) is 15.6. The maximum absolute atomic E-state index is 14.9. The molecule has 692 valence electrons. The summed E-state index contributed by atoms with van der Waals surface area (Å²) in [5.41, 5.74) is 0. The molecule has 25 nitrogen and oxygen atoms in total. The van der Waals surface area contributed by atoms with Crippen LogP contribution in [0.3, 0.4) is 0 Å². The lowest BCUT2D eigenvalue weighted by Gasteiger charge is -2.50. The van der Waals surface area contributed by atoms with Gasteiger partial charge < -0.3 is 88.7 Å². The summed E-state index contributed by atoms with van der Waals surface area (Å²) in [7, 11) is -5.81. The zero-order chi connectivity index (χ0) is 86.1. The molecule has 0 bridgehead atoms. The molecule has 3 aliphatic rings. The van der Waals surface area contributed by atoms with Gasteiger partial charge in [0.2, 0.25) is 0 Å². The molecule has 3 rings (SSSR count). The molecule has 0 aromatic carbocycles. The summed E-state index contributed by atoms with van der Waals surface area (Å²) in [6.45, 7) is 5.58. The fourth-order valence-corrected chi connectivity index (χ4v) is 16.6. The van der Waals surface area contributed by atoms with E-state index in [2.05, 4.69) is 52.0 Å². The molecule has 0 aromatic rings. The average molecular weight is 1710 g/mol. The number of ether oxygens (including phenoxy) is 8. The highest BCUT2D eigenvalue weighted by atomic mass is 31.2. The molecule has 2 heterocycles. The molecule has 2 aliphatic heterocycles. The Balaban J connectivity index is 1.92. The van der Waals surface area contributed by atoms with Gasteiger partial charge in [0, 0.05) is 25.7 Å². The van der Waals surface area contributed by atoms with Crippen LogP contribution >= 0.6 is 7.82 Å². The summed E-state index contributed by atoms with van der Waals surface area (Å²) in [6, 6.07) is 0. The Kier molecular flexibility index (Phi) is 65.8. The van der Waals surface area contributed by atoms with Crippen LogP contribution in [-0.2, 0) is 70.7 Å². The molecule has 10 N–H and O–H groups in total. The molecular formula is C92H169O25P. The van der Waals surface area contributed by atoms with Gasteiger partial charge in [-0.3, -0.25) is 28.2 Å². The van der Waals surface area contributed by atoms with E-state index in [1.54, 1.807) is 0 Å². The van der Waals surface area contributed by atoms with Gasteiger partial charge in [-0.2, -0.15) is 0 Å². The Hall–Kier alpha value is -3.05. The second kappa shape index (κ2) is 71.1. The summed E-state index contributed by atoms with van der Waals surface area (Å²) in [5, 5.41) is 102. The number of carbonyl (C=O) groups is 4. The number of allylic oxidation sites excluding steroid dienone is 4. The number of hydrogen-bond donors (Lipinski definition) is 10. The minimum absolute atomic E-state index is 0.0174. The summed E-state index contributed by atoms with van der Waals surface area (Å²) < 4.78 is 73.5. The summed E-state index contributed by atoms with van der Waals surface area (Å²) in [6.07, 6.45) is 31.5. The van der Waals surface area contributed by atoms with Crippen LogP contribution in [0.25, 0.3) is 0 Å². The maximum Gasteiger partial charge on any atom is 0.472 e. The lowest BCUT2D eigenvalue weighted by atomic mass is 9.84. The van der Waals surface area contributed by atoms with Crippen LogP contribution in [0.5, 0.6) is 0 Å². The third-order valence-corrected chi connectivity index (χ3v) is 24.2. The highest BCUT2D eigenvalue weighted by Crippen LogP contribution is 2.49. The molecule has 0 spiro atoms. The van der Waals surface area contributed by atoms with E-state index < -0.39 is 162 Å². The summed E-state index contributed by atoms with van der Waals surface area (Å²) in [5.74, 6) is -2.97. The maximum atomic E-state index is 14.9. The number of aliphatic hydroxyl groups is 9. The van der Waals surface area contributed by atoms with Crippen LogP contribution in [-0.4, -0.2) is 205 Å². The van der Waals surface area contributed by atoms with Crippen LogP contribution in [0.4, 0.5) is 0 Å². The monoisotopic (exact) mass is 1710 g/mol. The molecule has 1 saturated carbocycles. The van der Waals surface area contributed by atoms with E-state index in [0.717, 1.165) is 161 Å². The molecule has 0 radical (unpaired) electrons. The lowest BCUT2D eigenvalue weighted by molar-refractivity contribution is -0.360. The third-order valence-electron chi connectivity index (χ3n) is 23.2. The molecular weight excluding hydrogens is 1540 g/mol. The third kappa shape index (κ3) is 50.8. The molecule has 18 unspecified atom stereocenters. The van der Waals surface area contributed by atoms with E-state index in [-0.39, 0.29) is 25.7 Å². The molecule has 1 aliphatic carbocycles. The normalized spacial score (nSPS) is 25.0. The zero-order valence-corrected chi connectivity index (χ0v) is 74.6. The summed E-state index contributed by atoms with van der Waals surface area (Å²) >= 11 is 0. The average Bonchev–Trinajstić information content (AvgIpc) is 0.754. The minimum atomic E-state index is -5.81. The first-order valence-electron chi connectivity index (χ1n) is 47.6. The molecule has 2 saturated heterocycles. The van der Waals surface area contributed by atoms with Crippen LogP contribution in [0.1, 0.15) is 407 Å². The van der Waals surface area contributed by atoms with Crippen molar-refractivity contribution in [3.05, 3.63) is 24.3 Å². The number of phosphoric ester groups is 1. The Morgan fingerprint density at radius 3 is 1.02 bits per heavy atom. The van der Waals surface area contributed by atoms with Gasteiger partial charge >= 0.3 is 31.7 Å². The molecule has 3 fully saturated rings. The zero-order valence-electron chi connectivity index (χ0n) is 73.7. The van der Waals surface area contributed by atoms with Crippen molar-refractivity contribution in [2.75, 3.05) is 26.4 Å². The SMILES string of the molecule is CCCCCC/C=C\CCCCCCCCCC(=O)OCC(COP(=O)(O)OC1C(OC2OC(CO)C(O)C(O)C2O)C(O)C(O)C(OC(=O)CCCCCCCCCCCCCCCCCC)C1OC1OC(COC(=O)CCCCCCCCCCCCCCC)C(O)C(O)C1O)OC(=O)CCCCCCCCC/C=C\CCCCCC. The number of phosphoric acid groups is 1. The minimum Gasteiger partial charge on any atom is -0.463 e. The van der Waals surface area contributed by atoms with Gasteiger partial charge in [0.05, 0.1) is 13.2 Å². The molecule has 18 atom stereocenters. The first-order chi connectivity index (χ1) is 57.2. The van der Waals surface area contributed by atoms with Crippen LogP contribution in [0.15, 0.2) is 24.3 Å². The van der Waals surface area contributed by atoms with Crippen LogP contribution in [0, 0.1) is 0 Å². The standard InChI is InChI=1S/C92H169O25P/c1-5-9-13-17-21-25-29-33-36-39-43-47-51-55-59-63-67-78(97)114-87-83(102)84(103)88(115-91-85(104)81(100)79(98)73(68-93)112-91)90(89(87)116-92-86(105)82(101)80(99)74(113-92)71-109-76(95)65-61-57-53-49-44-40-32-28-24-20-16-12-8-4)117-118(106,107)110-70-72(111-77(96)66-62-58-54-50-46-42-38-35-31-27-23-19-15-11-7-3)69-108-75(94)64-60-56-52-48-45-41-37-34-30-26-22-18-14-10-6-2/h26-27,30-31,72-74,79-93,98-105H,5-25,28-29,32-71H2,1-4H3,(H,106,107)/b30-26-,31-27-. The number of unbranched alkanes of at least 4 members (excludes halogenated alkanes) is 49. The lowest BCUT2D eigenvalue weighted by Crippen LogP contribution is -2.70. The number of esters is 4. The van der Waals surface area contributed by atoms with Gasteiger partial charge in [0.1, 0.15) is 92.6 Å². The number of carbonyl (C=O) groups excluding carboxylic acids is 4. The van der Waals surface area contributed by atoms with Crippen molar-refractivity contribution in [1.29, 1.82) is 0 Å². The van der Waals surface area contributed by atoms with Gasteiger partial charge in [-0.1, -0.05) is 328 Å². The van der Waals surface area contributed by atoms with E-state index >= 15 is 0 Å². The van der Waals surface area contributed by atoms with E-state index in [9.17, 15) is 74.6 Å². The highest BCUT2D eigenvalue weighted by Gasteiger charge is 2.60. The predicted octanol–water partition coefficient (Wildman–Crippen LogP) is 17.7. The van der Waals surface area contributed by atoms with Crippen LogP contribution in [0.2, 0.25) is 0 Å². The van der Waals surface area contributed by atoms with E-state index in [1.165, 1.54) is 154 Å². The van der Waals surface area contributed by atoms with Gasteiger partial charge in [0.25, 0.3) is 0 Å². The second-order valence-electron chi connectivity index (χ2n) is 33.9. The smallest absolute Gasteiger partial charge is 0.463 e. The topological polar surface area (TPSA) is 380 Å². The van der Waals surface area contributed by atoms with E-state index in [1.807, 2.05) is 0 Å². The van der Waals surface area contributed by atoms with E-state index in [0.29, 0.717) is 38.5 Å². The molecule has 118 heavy (non-hydrogen) atoms. The quantitative estimate of drug-likeness (QED) is 0.00889. The molecule has 26 heteroatoms. The Morgan fingerprint density at radius 1 is 0.331 bits per heavy atom. The van der Waals surface area contributed by atoms with Crippen molar-refractivity contribution >= 4 is 31.7 Å². The highest BCUT2D eigenvalue weighted by molar-refractivity contribution is 7.47. The first kappa shape index (κ1) is 109. The molecule has 0 aromatic heterocycles. The fraction of sp³-hybridized carbons (Fsp3) is 0.913. The van der Waals surface area contributed by atoms with Crippen molar-refractivity contribution in [2.24, 2.45) is 0 Å². The van der Waals surface area contributed by atoms with Gasteiger partial charge in [-0.25, -0.2) is 4.57 Å². The first-order valence-corrected chi connectivity index (χ1v) is 49.1. The van der Waals surface area contributed by atoms with Crippen molar-refractivity contribution in [2.45, 2.75) is 511 Å². The Morgan fingerprint density at radius 2 is 0.636 bits per heavy atom. The largest absolute Gasteiger partial charge is 0.472 e. The van der Waals surface area contributed by atoms with Gasteiger partial charge in [0.15, 0.2) is 24.8 Å².